The largest absolute Gasteiger partial charge is 0.395 e. The molecule has 0 aromatic carbocycles. The highest BCUT2D eigenvalue weighted by atomic mass is 16.3. The van der Waals surface area contributed by atoms with E-state index in [1.54, 1.807) is 0 Å². The second kappa shape index (κ2) is 7.75. The van der Waals surface area contributed by atoms with Crippen LogP contribution in [0.3, 0.4) is 0 Å². The minimum atomic E-state index is -0.257. The van der Waals surface area contributed by atoms with E-state index in [1.165, 1.54) is 6.42 Å². The third-order valence-corrected chi connectivity index (χ3v) is 3.44. The third-order valence-electron chi connectivity index (χ3n) is 3.44. The summed E-state index contributed by atoms with van der Waals surface area (Å²) in [5.41, 5.74) is 0. The average molecular weight is 283 g/mol. The van der Waals surface area contributed by atoms with Gasteiger partial charge in [0.05, 0.1) is 13.2 Å². The third kappa shape index (κ3) is 4.42. The van der Waals surface area contributed by atoms with Crippen molar-refractivity contribution >= 4 is 6.03 Å². The summed E-state index contributed by atoms with van der Waals surface area (Å²) in [7, 11) is 0. The fourth-order valence-corrected chi connectivity index (χ4v) is 2.35. The molecule has 1 fully saturated rings. The summed E-state index contributed by atoms with van der Waals surface area (Å²) in [6.45, 7) is 2.71. The first-order chi connectivity index (χ1) is 9.79. The van der Waals surface area contributed by atoms with E-state index < -0.39 is 0 Å². The van der Waals surface area contributed by atoms with Crippen molar-refractivity contribution in [2.45, 2.75) is 31.8 Å². The Kier molecular flexibility index (Phi) is 5.69. The summed E-state index contributed by atoms with van der Waals surface area (Å²) in [5.74, 6) is 0.441. The number of H-pyrrole nitrogens is 1. The van der Waals surface area contributed by atoms with E-state index in [9.17, 15) is 9.90 Å². The number of carbonyl (C=O) groups is 1. The van der Waals surface area contributed by atoms with Crippen LogP contribution >= 0.6 is 0 Å². The lowest BCUT2D eigenvalue weighted by Gasteiger charge is -2.34. The van der Waals surface area contributed by atoms with Crippen molar-refractivity contribution in [3.05, 3.63) is 5.82 Å². The number of aromatic amines is 1. The van der Waals surface area contributed by atoms with Gasteiger partial charge in [0, 0.05) is 19.1 Å². The van der Waals surface area contributed by atoms with Crippen LogP contribution in [0.4, 0.5) is 4.79 Å². The molecule has 2 heterocycles. The molecule has 2 rings (SSSR count). The zero-order valence-electron chi connectivity index (χ0n) is 11.4. The lowest BCUT2D eigenvalue weighted by molar-refractivity contribution is 0.0915. The molecular weight excluding hydrogens is 262 g/mol. The van der Waals surface area contributed by atoms with Crippen LogP contribution in [0.5, 0.6) is 0 Å². The van der Waals surface area contributed by atoms with Crippen LogP contribution in [0.15, 0.2) is 0 Å². The van der Waals surface area contributed by atoms with Crippen molar-refractivity contribution in [1.82, 2.24) is 36.2 Å². The van der Waals surface area contributed by atoms with Gasteiger partial charge in [-0.1, -0.05) is 11.6 Å². The smallest absolute Gasteiger partial charge is 0.315 e. The summed E-state index contributed by atoms with van der Waals surface area (Å²) < 4.78 is 0. The Morgan fingerprint density at radius 3 is 3.10 bits per heavy atom. The van der Waals surface area contributed by atoms with Crippen LogP contribution in [-0.4, -0.2) is 68.9 Å². The molecule has 1 unspecified atom stereocenters. The molecular formula is C11H21N7O2. The van der Waals surface area contributed by atoms with Crippen LogP contribution in [0, 0.1) is 0 Å². The zero-order chi connectivity index (χ0) is 14.2. The number of amides is 2. The number of rotatable bonds is 6. The van der Waals surface area contributed by atoms with Gasteiger partial charge < -0.3 is 15.7 Å². The number of piperidine rings is 1. The van der Waals surface area contributed by atoms with E-state index in [2.05, 4.69) is 36.2 Å². The molecule has 112 valence electrons. The van der Waals surface area contributed by atoms with Gasteiger partial charge in [-0.3, -0.25) is 4.90 Å². The summed E-state index contributed by atoms with van der Waals surface area (Å²) >= 11 is 0. The molecule has 1 aromatic heterocycles. The van der Waals surface area contributed by atoms with Crippen LogP contribution in [0.1, 0.15) is 25.1 Å². The maximum atomic E-state index is 11.6. The SMILES string of the molecule is O=C(NCCN1CCCCC1CO)NCc1nn[nH]n1. The monoisotopic (exact) mass is 283 g/mol. The Hall–Kier alpha value is -1.74. The molecule has 1 aliphatic heterocycles. The van der Waals surface area contributed by atoms with E-state index in [4.69, 9.17) is 0 Å². The van der Waals surface area contributed by atoms with Crippen LogP contribution in [0.25, 0.3) is 0 Å². The van der Waals surface area contributed by atoms with Crippen LogP contribution in [0.2, 0.25) is 0 Å². The predicted octanol–water partition coefficient (Wildman–Crippen LogP) is -1.15. The zero-order valence-corrected chi connectivity index (χ0v) is 11.4. The number of urea groups is 1. The van der Waals surface area contributed by atoms with Gasteiger partial charge in [0.15, 0.2) is 5.82 Å². The van der Waals surface area contributed by atoms with Gasteiger partial charge in [0.1, 0.15) is 0 Å². The second-order valence-electron chi connectivity index (χ2n) is 4.81. The molecule has 1 saturated heterocycles. The molecule has 0 saturated carbocycles. The Balaban J connectivity index is 1.61. The molecule has 1 aromatic rings. The fraction of sp³-hybridized carbons (Fsp3) is 0.818. The first kappa shape index (κ1) is 14.7. The maximum Gasteiger partial charge on any atom is 0.315 e. The van der Waals surface area contributed by atoms with Crippen LogP contribution in [-0.2, 0) is 6.54 Å². The van der Waals surface area contributed by atoms with Crippen molar-refractivity contribution in [1.29, 1.82) is 0 Å². The minimum absolute atomic E-state index is 0.185. The van der Waals surface area contributed by atoms with Crippen molar-refractivity contribution in [2.75, 3.05) is 26.2 Å². The van der Waals surface area contributed by atoms with E-state index >= 15 is 0 Å². The number of likely N-dealkylation sites (tertiary alicyclic amines) is 1. The average Bonchev–Trinajstić information content (AvgIpc) is 2.99. The number of aliphatic hydroxyl groups is 1. The molecule has 20 heavy (non-hydrogen) atoms. The number of hydrogen-bond acceptors (Lipinski definition) is 6. The second-order valence-corrected chi connectivity index (χ2v) is 4.81. The number of nitrogens with zero attached hydrogens (tertiary/aromatic N) is 4. The maximum absolute atomic E-state index is 11.6. The van der Waals surface area contributed by atoms with Gasteiger partial charge in [-0.15, -0.1) is 10.2 Å². The molecule has 9 heteroatoms. The molecule has 4 N–H and O–H groups in total. The van der Waals surface area contributed by atoms with E-state index in [-0.39, 0.29) is 25.2 Å². The number of tetrazole rings is 1. The summed E-state index contributed by atoms with van der Waals surface area (Å²) in [6.07, 6.45) is 3.35. The predicted molar refractivity (Wildman–Crippen MR) is 70.7 cm³/mol. The van der Waals surface area contributed by atoms with Crippen molar-refractivity contribution in [2.24, 2.45) is 0 Å². The molecule has 1 aliphatic rings. The number of aromatic nitrogens is 4. The Morgan fingerprint density at radius 2 is 2.35 bits per heavy atom. The highest BCUT2D eigenvalue weighted by molar-refractivity contribution is 5.73. The van der Waals surface area contributed by atoms with E-state index in [1.807, 2.05) is 0 Å². The summed E-state index contributed by atoms with van der Waals surface area (Å²) in [6, 6.07) is -0.0275. The van der Waals surface area contributed by atoms with E-state index in [0.29, 0.717) is 12.4 Å². The first-order valence-electron chi connectivity index (χ1n) is 6.88. The standard InChI is InChI=1S/C11H21N7O2/c19-8-9-3-1-2-5-18(9)6-4-12-11(20)13-7-10-14-16-17-15-10/h9,19H,1-8H2,(H2,12,13,20)(H,14,15,16,17). The lowest BCUT2D eigenvalue weighted by atomic mass is 10.0. The van der Waals surface area contributed by atoms with Gasteiger partial charge in [0.25, 0.3) is 0 Å². The van der Waals surface area contributed by atoms with Crippen molar-refractivity contribution < 1.29 is 9.90 Å². The Labute approximate surface area is 117 Å². The molecule has 0 spiro atoms. The Morgan fingerprint density at radius 1 is 1.45 bits per heavy atom. The minimum Gasteiger partial charge on any atom is -0.395 e. The Bertz CT molecular complexity index is 397. The summed E-state index contributed by atoms with van der Waals surface area (Å²) in [4.78, 5) is 13.8. The van der Waals surface area contributed by atoms with Gasteiger partial charge in [-0.25, -0.2) is 4.79 Å². The van der Waals surface area contributed by atoms with E-state index in [0.717, 1.165) is 25.9 Å². The highest BCUT2D eigenvalue weighted by Gasteiger charge is 2.20. The number of carbonyl (C=O) groups excluding carboxylic acids is 1. The highest BCUT2D eigenvalue weighted by Crippen LogP contribution is 2.15. The number of aliphatic hydroxyl groups excluding tert-OH is 1. The number of nitrogens with one attached hydrogen (secondary N) is 3. The molecule has 0 aliphatic carbocycles. The first-order valence-corrected chi connectivity index (χ1v) is 6.88. The lowest BCUT2D eigenvalue weighted by Crippen LogP contribution is -2.46. The van der Waals surface area contributed by atoms with Gasteiger partial charge in [0.2, 0.25) is 0 Å². The summed E-state index contributed by atoms with van der Waals surface area (Å²) in [5, 5.41) is 27.9. The molecule has 0 bridgehead atoms. The molecule has 2 amide bonds. The normalized spacial score (nSPS) is 19.8. The van der Waals surface area contributed by atoms with Gasteiger partial charge >= 0.3 is 6.03 Å². The number of hydrogen-bond donors (Lipinski definition) is 4. The quantitative estimate of drug-likeness (QED) is 0.523. The van der Waals surface area contributed by atoms with Crippen LogP contribution < -0.4 is 10.6 Å². The topological polar surface area (TPSA) is 119 Å². The molecule has 1 atom stereocenters. The van der Waals surface area contributed by atoms with Gasteiger partial charge in [-0.05, 0) is 19.4 Å². The van der Waals surface area contributed by atoms with Crippen molar-refractivity contribution in [3.63, 3.8) is 0 Å². The molecule has 9 nitrogen and oxygen atoms in total. The van der Waals surface area contributed by atoms with Crippen molar-refractivity contribution in [3.8, 4) is 0 Å². The van der Waals surface area contributed by atoms with Gasteiger partial charge in [-0.2, -0.15) is 5.21 Å². The fourth-order valence-electron chi connectivity index (χ4n) is 2.35. The molecule has 0 radical (unpaired) electrons.